The van der Waals surface area contributed by atoms with Crippen LogP contribution in [0.1, 0.15) is 47.1 Å². The summed E-state index contributed by atoms with van der Waals surface area (Å²) in [6.45, 7) is -0.256. The Morgan fingerprint density at radius 1 is 1.03 bits per heavy atom. The zero-order valence-corrected chi connectivity index (χ0v) is 19.3. The number of aliphatic hydroxyl groups excluding tert-OH is 1. The van der Waals surface area contributed by atoms with Crippen molar-refractivity contribution in [2.45, 2.75) is 25.9 Å². The molecule has 1 aliphatic rings. The number of halogens is 2. The van der Waals surface area contributed by atoms with Gasteiger partial charge < -0.3 is 10.2 Å². The van der Waals surface area contributed by atoms with E-state index in [1.807, 2.05) is 18.2 Å². The highest BCUT2D eigenvalue weighted by molar-refractivity contribution is 6.01. The Labute approximate surface area is 206 Å². The highest BCUT2D eigenvalue weighted by Gasteiger charge is 2.29. The lowest BCUT2D eigenvalue weighted by molar-refractivity contribution is -0.131. The number of hydrogen-bond acceptors (Lipinski definition) is 3. The van der Waals surface area contributed by atoms with Crippen molar-refractivity contribution in [3.63, 3.8) is 0 Å². The highest BCUT2D eigenvalue weighted by atomic mass is 19.1. The molecule has 0 radical (unpaired) electrons. The van der Waals surface area contributed by atoms with E-state index in [0.29, 0.717) is 27.6 Å². The summed E-state index contributed by atoms with van der Waals surface area (Å²) < 4.78 is 29.9. The van der Waals surface area contributed by atoms with Gasteiger partial charge >= 0.3 is 5.97 Å². The maximum Gasteiger partial charge on any atom is 0.328 e. The van der Waals surface area contributed by atoms with Crippen LogP contribution in [0.2, 0.25) is 0 Å². The number of H-pyrrole nitrogens is 1. The van der Waals surface area contributed by atoms with Gasteiger partial charge in [0.15, 0.2) is 0 Å². The molecule has 4 aromatic rings. The summed E-state index contributed by atoms with van der Waals surface area (Å²) in [5.41, 5.74) is 5.29. The van der Waals surface area contributed by atoms with Crippen molar-refractivity contribution >= 4 is 34.1 Å². The van der Waals surface area contributed by atoms with E-state index in [2.05, 4.69) is 10.2 Å². The molecular formula is C29H24F2N2O3. The number of carbonyl (C=O) groups is 1. The van der Waals surface area contributed by atoms with Gasteiger partial charge in [-0.25, -0.2) is 9.18 Å². The summed E-state index contributed by atoms with van der Waals surface area (Å²) in [6, 6.07) is 17.4. The van der Waals surface area contributed by atoms with Gasteiger partial charge in [0.25, 0.3) is 0 Å². The van der Waals surface area contributed by atoms with Gasteiger partial charge in [0.2, 0.25) is 5.95 Å². The minimum Gasteiger partial charge on any atom is -0.478 e. The van der Waals surface area contributed by atoms with E-state index in [1.54, 1.807) is 36.4 Å². The topological polar surface area (TPSA) is 86.2 Å². The first kappa shape index (κ1) is 23.6. The highest BCUT2D eigenvalue weighted by Crippen LogP contribution is 2.46. The lowest BCUT2D eigenvalue weighted by Gasteiger charge is -2.32. The van der Waals surface area contributed by atoms with Crippen molar-refractivity contribution in [1.29, 1.82) is 0 Å². The molecule has 3 aromatic carbocycles. The van der Waals surface area contributed by atoms with Crippen molar-refractivity contribution in [3.05, 3.63) is 106 Å². The third kappa shape index (κ3) is 4.57. The molecule has 3 N–H and O–H groups in total. The second kappa shape index (κ2) is 9.87. The van der Waals surface area contributed by atoms with E-state index in [0.717, 1.165) is 47.6 Å². The minimum atomic E-state index is -1.04. The molecule has 1 aliphatic carbocycles. The van der Waals surface area contributed by atoms with E-state index in [-0.39, 0.29) is 12.5 Å². The number of hydrogen-bond donors (Lipinski definition) is 3. The largest absolute Gasteiger partial charge is 0.478 e. The number of aromatic amines is 1. The minimum absolute atomic E-state index is 0.117. The number of carboxylic acid groups (broad SMARTS) is 1. The van der Waals surface area contributed by atoms with Crippen molar-refractivity contribution in [3.8, 4) is 0 Å². The molecule has 0 bridgehead atoms. The molecule has 5 rings (SSSR count). The molecule has 7 heteroatoms. The Balaban J connectivity index is 1.76. The van der Waals surface area contributed by atoms with Crippen LogP contribution in [0.15, 0.2) is 66.7 Å². The standard InChI is InChI=1S/C29H24F2N2O3/c30-24-14-18(16-34)6-11-22(24)28(19-2-1-3-19)27(20-8-4-17(5-9-20)7-13-26(35)36)21-10-12-25-23(15-21)29(31)33-32-25/h4-15,19,34H,1-3,16H2,(H,32,33)(H,35,36). The summed E-state index contributed by atoms with van der Waals surface area (Å²) >= 11 is 0. The normalized spacial score (nSPS) is 14.8. The number of nitrogens with one attached hydrogen (secondary N) is 1. The molecule has 0 spiro atoms. The number of aliphatic carboxylic acids is 1. The number of nitrogens with zero attached hydrogens (tertiary/aromatic N) is 1. The van der Waals surface area contributed by atoms with Crippen LogP contribution in [0.5, 0.6) is 0 Å². The van der Waals surface area contributed by atoms with Crippen molar-refractivity contribution in [2.24, 2.45) is 5.92 Å². The Kier molecular flexibility index (Phi) is 6.48. The van der Waals surface area contributed by atoms with Gasteiger partial charge in [-0.05, 0) is 76.4 Å². The van der Waals surface area contributed by atoms with E-state index in [9.17, 15) is 14.3 Å². The van der Waals surface area contributed by atoms with E-state index in [4.69, 9.17) is 5.11 Å². The SMILES string of the molecule is O=C(O)C=Cc1ccc(C(=C(c2ccc(CO)cc2F)C2CCC2)c2ccc3n[nH]c(F)c3c2)cc1. The van der Waals surface area contributed by atoms with Gasteiger partial charge in [-0.2, -0.15) is 9.49 Å². The summed E-state index contributed by atoms with van der Waals surface area (Å²) in [6.07, 6.45) is 5.41. The second-order valence-corrected chi connectivity index (χ2v) is 8.95. The van der Waals surface area contributed by atoms with Crippen LogP contribution < -0.4 is 0 Å². The Morgan fingerprint density at radius 2 is 1.78 bits per heavy atom. The molecule has 0 aliphatic heterocycles. The Hall–Kier alpha value is -4.10. The van der Waals surface area contributed by atoms with Crippen molar-refractivity contribution < 1.29 is 23.8 Å². The first-order chi connectivity index (χ1) is 17.4. The zero-order chi connectivity index (χ0) is 25.2. The maximum absolute atomic E-state index is 15.4. The number of aromatic nitrogens is 2. The number of allylic oxidation sites excluding steroid dienone is 1. The number of carboxylic acids is 1. The molecule has 0 unspecified atom stereocenters. The fraction of sp³-hybridized carbons (Fsp3) is 0.172. The number of rotatable bonds is 7. The second-order valence-electron chi connectivity index (χ2n) is 8.95. The Bertz CT molecular complexity index is 1500. The molecular weight excluding hydrogens is 462 g/mol. The molecule has 1 fully saturated rings. The average molecular weight is 487 g/mol. The Morgan fingerprint density at radius 3 is 2.42 bits per heavy atom. The van der Waals surface area contributed by atoms with Gasteiger partial charge in [0.05, 0.1) is 17.5 Å². The van der Waals surface area contributed by atoms with Crippen LogP contribution in [0, 0.1) is 17.7 Å². The van der Waals surface area contributed by atoms with Crippen LogP contribution in [0.3, 0.4) is 0 Å². The first-order valence-electron chi connectivity index (χ1n) is 11.7. The molecule has 5 nitrogen and oxygen atoms in total. The van der Waals surface area contributed by atoms with E-state index >= 15 is 4.39 Å². The van der Waals surface area contributed by atoms with E-state index in [1.165, 1.54) is 12.1 Å². The summed E-state index contributed by atoms with van der Waals surface area (Å²) in [4.78, 5) is 10.9. The van der Waals surface area contributed by atoms with Crippen LogP contribution in [-0.4, -0.2) is 26.4 Å². The quantitative estimate of drug-likeness (QED) is 0.215. The third-order valence-electron chi connectivity index (χ3n) is 6.70. The smallest absolute Gasteiger partial charge is 0.328 e. The predicted octanol–water partition coefficient (Wildman–Crippen LogP) is 6.19. The van der Waals surface area contributed by atoms with Crippen LogP contribution in [-0.2, 0) is 11.4 Å². The fourth-order valence-electron chi connectivity index (χ4n) is 4.67. The molecule has 0 saturated heterocycles. The molecule has 182 valence electrons. The first-order valence-corrected chi connectivity index (χ1v) is 11.7. The number of aliphatic hydroxyl groups is 1. The van der Waals surface area contributed by atoms with Crippen LogP contribution in [0.25, 0.3) is 28.1 Å². The van der Waals surface area contributed by atoms with Crippen molar-refractivity contribution in [1.82, 2.24) is 10.2 Å². The lowest BCUT2D eigenvalue weighted by atomic mass is 9.72. The van der Waals surface area contributed by atoms with Gasteiger partial charge in [-0.1, -0.05) is 48.9 Å². The molecule has 0 amide bonds. The van der Waals surface area contributed by atoms with Gasteiger partial charge in [0.1, 0.15) is 5.82 Å². The molecule has 36 heavy (non-hydrogen) atoms. The summed E-state index contributed by atoms with van der Waals surface area (Å²) in [7, 11) is 0. The maximum atomic E-state index is 15.4. The lowest BCUT2D eigenvalue weighted by Crippen LogP contribution is -2.16. The van der Waals surface area contributed by atoms with Crippen molar-refractivity contribution in [2.75, 3.05) is 0 Å². The summed E-state index contributed by atoms with van der Waals surface area (Å²) in [5.74, 6) is -1.88. The monoisotopic (exact) mass is 486 g/mol. The molecule has 0 atom stereocenters. The molecule has 1 heterocycles. The number of benzene rings is 3. The van der Waals surface area contributed by atoms with Gasteiger partial charge in [0, 0.05) is 11.6 Å². The van der Waals surface area contributed by atoms with Crippen LogP contribution in [0.4, 0.5) is 8.78 Å². The summed E-state index contributed by atoms with van der Waals surface area (Å²) in [5, 5.41) is 25.1. The van der Waals surface area contributed by atoms with E-state index < -0.39 is 17.7 Å². The van der Waals surface area contributed by atoms with Gasteiger partial charge in [-0.15, -0.1) is 0 Å². The number of fused-ring (bicyclic) bond motifs is 1. The van der Waals surface area contributed by atoms with Gasteiger partial charge in [-0.3, -0.25) is 5.10 Å². The third-order valence-corrected chi connectivity index (χ3v) is 6.70. The fourth-order valence-corrected chi connectivity index (χ4v) is 4.67. The van der Waals surface area contributed by atoms with Crippen LogP contribution >= 0.6 is 0 Å². The molecule has 1 saturated carbocycles. The predicted molar refractivity (Wildman–Crippen MR) is 135 cm³/mol. The average Bonchev–Trinajstić information content (AvgIpc) is 3.22. The molecule has 1 aromatic heterocycles. The zero-order valence-electron chi connectivity index (χ0n) is 19.3.